The van der Waals surface area contributed by atoms with Gasteiger partial charge in [-0.3, -0.25) is 9.59 Å². The summed E-state index contributed by atoms with van der Waals surface area (Å²) in [7, 11) is 0. The smallest absolute Gasteiger partial charge is 0.306 e. The third-order valence-electron chi connectivity index (χ3n) is 12.2. The van der Waals surface area contributed by atoms with Crippen molar-refractivity contribution in [3.8, 4) is 0 Å². The van der Waals surface area contributed by atoms with Gasteiger partial charge in [0.15, 0.2) is 18.7 Å². The van der Waals surface area contributed by atoms with E-state index in [1.54, 1.807) is 0 Å². The Morgan fingerprint density at radius 1 is 0.477 bits per heavy atom. The van der Waals surface area contributed by atoms with Crippen LogP contribution in [0.5, 0.6) is 0 Å². The van der Waals surface area contributed by atoms with Gasteiger partial charge < -0.3 is 64.2 Å². The van der Waals surface area contributed by atoms with Crippen molar-refractivity contribution in [2.75, 3.05) is 26.4 Å². The third kappa shape index (κ3) is 26.4. The van der Waals surface area contributed by atoms with Gasteiger partial charge in [0.05, 0.1) is 19.8 Å². The number of carbonyl (C=O) groups excluding carboxylic acids is 2. The minimum atomic E-state index is -1.77. The van der Waals surface area contributed by atoms with Gasteiger partial charge in [0.1, 0.15) is 55.4 Å². The van der Waals surface area contributed by atoms with E-state index in [4.69, 9.17) is 28.4 Å². The van der Waals surface area contributed by atoms with E-state index in [-0.39, 0.29) is 26.1 Å². The normalized spacial score (nSPS) is 26.5. The van der Waals surface area contributed by atoms with Crippen LogP contribution in [0.4, 0.5) is 0 Å². The standard InChI is InChI=1S/C50H90O15/c1-3-5-7-9-11-13-15-17-18-19-21-23-25-27-29-31-33-42(53)63-38(35-60-41(52)32-30-28-26-24-22-20-16-14-12-10-8-6-4-2)36-61-49-48(59)46(57)44(55)40(65-49)37-62-50-47(58)45(56)43(54)39(34-51)64-50/h14,16,18-19,38-40,43-51,54-59H,3-13,15,17,20-37H2,1-2H3/b16-14-,19-18-. The van der Waals surface area contributed by atoms with Crippen molar-refractivity contribution >= 4 is 11.9 Å². The summed E-state index contributed by atoms with van der Waals surface area (Å²) >= 11 is 0. The van der Waals surface area contributed by atoms with Gasteiger partial charge >= 0.3 is 11.9 Å². The van der Waals surface area contributed by atoms with Gasteiger partial charge in [0.2, 0.25) is 0 Å². The van der Waals surface area contributed by atoms with Gasteiger partial charge in [-0.15, -0.1) is 0 Å². The molecule has 2 aliphatic rings. The summed E-state index contributed by atoms with van der Waals surface area (Å²) in [4.78, 5) is 25.7. The number of unbranched alkanes of at least 4 members (excludes halogenated alkanes) is 21. The van der Waals surface area contributed by atoms with E-state index in [0.29, 0.717) is 12.8 Å². The van der Waals surface area contributed by atoms with Crippen LogP contribution in [0.25, 0.3) is 0 Å². The highest BCUT2D eigenvalue weighted by atomic mass is 16.7. The van der Waals surface area contributed by atoms with Crippen molar-refractivity contribution < 1.29 is 73.8 Å². The van der Waals surface area contributed by atoms with Gasteiger partial charge in [-0.05, 0) is 64.2 Å². The highest BCUT2D eigenvalue weighted by Crippen LogP contribution is 2.26. The quantitative estimate of drug-likeness (QED) is 0.0192. The summed E-state index contributed by atoms with van der Waals surface area (Å²) in [6, 6.07) is 0. The van der Waals surface area contributed by atoms with Crippen molar-refractivity contribution in [1.82, 2.24) is 0 Å². The van der Waals surface area contributed by atoms with E-state index in [0.717, 1.165) is 77.0 Å². The van der Waals surface area contributed by atoms with E-state index < -0.39 is 92.7 Å². The van der Waals surface area contributed by atoms with Crippen molar-refractivity contribution in [2.45, 2.75) is 255 Å². The Bertz CT molecular complexity index is 1230. The summed E-state index contributed by atoms with van der Waals surface area (Å²) in [6.45, 7) is 2.56. The van der Waals surface area contributed by atoms with E-state index in [9.17, 15) is 45.3 Å². The number of aliphatic hydroxyl groups excluding tert-OH is 7. The molecule has 2 fully saturated rings. The van der Waals surface area contributed by atoms with Gasteiger partial charge in [0.25, 0.3) is 0 Å². The Hall–Kier alpha value is -2.02. The Morgan fingerprint density at radius 3 is 1.37 bits per heavy atom. The second-order valence-electron chi connectivity index (χ2n) is 18.0. The summed E-state index contributed by atoms with van der Waals surface area (Å²) in [5, 5.41) is 72.0. The molecule has 2 rings (SSSR count). The van der Waals surface area contributed by atoms with Crippen LogP contribution in [-0.2, 0) is 38.0 Å². The van der Waals surface area contributed by atoms with E-state index in [1.165, 1.54) is 70.6 Å². The topological polar surface area (TPSA) is 231 Å². The van der Waals surface area contributed by atoms with Crippen LogP contribution in [0.2, 0.25) is 0 Å². The predicted octanol–water partition coefficient (Wildman–Crippen LogP) is 6.77. The highest BCUT2D eigenvalue weighted by Gasteiger charge is 2.47. The van der Waals surface area contributed by atoms with Crippen molar-refractivity contribution in [3.63, 3.8) is 0 Å². The molecule has 7 N–H and O–H groups in total. The number of hydrogen-bond acceptors (Lipinski definition) is 15. The average molecular weight is 931 g/mol. The van der Waals surface area contributed by atoms with Crippen molar-refractivity contribution in [3.05, 3.63) is 24.3 Å². The maximum atomic E-state index is 13.0. The van der Waals surface area contributed by atoms with Crippen LogP contribution in [-0.4, -0.2) is 142 Å². The Balaban J connectivity index is 1.82. The summed E-state index contributed by atoms with van der Waals surface area (Å²) in [6.07, 6.45) is 20.6. The lowest BCUT2D eigenvalue weighted by molar-refractivity contribution is -0.332. The number of aliphatic hydroxyl groups is 7. The molecule has 0 aromatic carbocycles. The molecule has 0 aromatic rings. The van der Waals surface area contributed by atoms with Gasteiger partial charge in [-0.25, -0.2) is 0 Å². The maximum Gasteiger partial charge on any atom is 0.306 e. The molecule has 2 aliphatic heterocycles. The molecule has 2 heterocycles. The molecule has 65 heavy (non-hydrogen) atoms. The lowest BCUT2D eigenvalue weighted by Crippen LogP contribution is -2.61. The largest absolute Gasteiger partial charge is 0.462 e. The van der Waals surface area contributed by atoms with E-state index >= 15 is 0 Å². The van der Waals surface area contributed by atoms with Crippen LogP contribution in [0, 0.1) is 0 Å². The third-order valence-corrected chi connectivity index (χ3v) is 12.2. The Labute approximate surface area is 390 Å². The zero-order valence-electron chi connectivity index (χ0n) is 40.0. The molecule has 11 unspecified atom stereocenters. The molecule has 15 heteroatoms. The van der Waals surface area contributed by atoms with Crippen molar-refractivity contribution in [2.24, 2.45) is 0 Å². The van der Waals surface area contributed by atoms with Crippen LogP contribution in [0.3, 0.4) is 0 Å². The zero-order chi connectivity index (χ0) is 47.5. The number of hydrogen-bond donors (Lipinski definition) is 7. The molecular weight excluding hydrogens is 841 g/mol. The molecule has 0 bridgehead atoms. The van der Waals surface area contributed by atoms with Gasteiger partial charge in [0, 0.05) is 12.8 Å². The minimum absolute atomic E-state index is 0.155. The van der Waals surface area contributed by atoms with Crippen LogP contribution < -0.4 is 0 Å². The first-order valence-electron chi connectivity index (χ1n) is 25.4. The predicted molar refractivity (Wildman–Crippen MR) is 247 cm³/mol. The Morgan fingerprint density at radius 2 is 0.877 bits per heavy atom. The molecule has 2 saturated heterocycles. The number of ether oxygens (including phenoxy) is 6. The molecule has 0 aromatic heterocycles. The summed E-state index contributed by atoms with van der Waals surface area (Å²) in [5.74, 6) is -0.941. The maximum absolute atomic E-state index is 13.0. The number of allylic oxidation sites excluding steroid dienone is 4. The molecule has 0 spiro atoms. The summed E-state index contributed by atoms with van der Waals surface area (Å²) < 4.78 is 33.5. The minimum Gasteiger partial charge on any atom is -0.462 e. The Kier molecular flexibility index (Phi) is 34.5. The molecule has 0 saturated carbocycles. The molecule has 15 nitrogen and oxygen atoms in total. The summed E-state index contributed by atoms with van der Waals surface area (Å²) in [5.41, 5.74) is 0. The SMILES string of the molecule is CCCCCC/C=C\CCCCCCCC(=O)OCC(COC1OC(COC2OC(CO)C(O)C(O)C2O)C(O)C(O)C1O)OC(=O)CCCCCCC/C=C\CCCCCCCCC. The first-order valence-corrected chi connectivity index (χ1v) is 25.4. The molecular formula is C50H90O15. The van der Waals surface area contributed by atoms with Gasteiger partial charge in [-0.1, -0.05) is 134 Å². The first kappa shape index (κ1) is 59.1. The van der Waals surface area contributed by atoms with Crippen LogP contribution in [0.1, 0.15) is 187 Å². The fourth-order valence-corrected chi connectivity index (χ4v) is 7.91. The fourth-order valence-electron chi connectivity index (χ4n) is 7.91. The number of esters is 2. The van der Waals surface area contributed by atoms with E-state index in [1.807, 2.05) is 0 Å². The highest BCUT2D eigenvalue weighted by molar-refractivity contribution is 5.70. The van der Waals surface area contributed by atoms with E-state index in [2.05, 4.69) is 38.2 Å². The molecule has 380 valence electrons. The molecule has 0 amide bonds. The monoisotopic (exact) mass is 931 g/mol. The second kappa shape index (κ2) is 37.9. The number of rotatable bonds is 39. The van der Waals surface area contributed by atoms with Crippen molar-refractivity contribution in [1.29, 1.82) is 0 Å². The number of carbonyl (C=O) groups is 2. The lowest BCUT2D eigenvalue weighted by Gasteiger charge is -2.42. The zero-order valence-corrected chi connectivity index (χ0v) is 40.0. The van der Waals surface area contributed by atoms with Crippen LogP contribution in [0.15, 0.2) is 24.3 Å². The average Bonchev–Trinajstić information content (AvgIpc) is 3.30. The molecule has 0 radical (unpaired) electrons. The second-order valence-corrected chi connectivity index (χ2v) is 18.0. The van der Waals surface area contributed by atoms with Gasteiger partial charge in [-0.2, -0.15) is 0 Å². The van der Waals surface area contributed by atoms with Crippen LogP contribution >= 0.6 is 0 Å². The lowest BCUT2D eigenvalue weighted by atomic mass is 9.98. The first-order chi connectivity index (χ1) is 31.5. The molecule has 0 aliphatic carbocycles. The molecule has 11 atom stereocenters. The fraction of sp³-hybridized carbons (Fsp3) is 0.880.